The first-order valence-corrected chi connectivity index (χ1v) is 9.74. The van der Waals surface area contributed by atoms with Crippen molar-refractivity contribution in [3.05, 3.63) is 89.1 Å². The molecule has 0 radical (unpaired) electrons. The zero-order chi connectivity index (χ0) is 20.7. The van der Waals surface area contributed by atoms with Crippen LogP contribution in [0.15, 0.2) is 65.3 Å². The SMILES string of the molecule is Cc1c(C(=O)N2CCc3noc(-c4ccc(F)cc4)c3C2)cnn1-c1ccccc1. The summed E-state index contributed by atoms with van der Waals surface area (Å²) < 4.78 is 20.6. The van der Waals surface area contributed by atoms with E-state index >= 15 is 0 Å². The minimum atomic E-state index is -0.310. The summed E-state index contributed by atoms with van der Waals surface area (Å²) in [6, 6.07) is 15.8. The van der Waals surface area contributed by atoms with Crippen molar-refractivity contribution >= 4 is 5.91 Å². The third-order valence-electron chi connectivity index (χ3n) is 5.47. The number of aromatic nitrogens is 3. The highest BCUT2D eigenvalue weighted by molar-refractivity contribution is 5.95. The predicted octanol–water partition coefficient (Wildman–Crippen LogP) is 4.17. The van der Waals surface area contributed by atoms with Gasteiger partial charge in [-0.05, 0) is 43.3 Å². The van der Waals surface area contributed by atoms with E-state index < -0.39 is 0 Å². The Morgan fingerprint density at radius 2 is 1.87 bits per heavy atom. The zero-order valence-corrected chi connectivity index (χ0v) is 16.4. The Bertz CT molecular complexity index is 1210. The Morgan fingerprint density at radius 3 is 2.63 bits per heavy atom. The summed E-state index contributed by atoms with van der Waals surface area (Å²) in [6.45, 7) is 2.84. The molecule has 0 unspecified atom stereocenters. The van der Waals surface area contributed by atoms with E-state index in [-0.39, 0.29) is 11.7 Å². The van der Waals surface area contributed by atoms with Gasteiger partial charge in [-0.1, -0.05) is 23.4 Å². The molecule has 0 atom stereocenters. The van der Waals surface area contributed by atoms with Gasteiger partial charge in [0.05, 0.1) is 35.4 Å². The Labute approximate surface area is 172 Å². The monoisotopic (exact) mass is 402 g/mol. The second-order valence-electron chi connectivity index (χ2n) is 7.31. The fourth-order valence-corrected chi connectivity index (χ4v) is 3.83. The highest BCUT2D eigenvalue weighted by Crippen LogP contribution is 2.31. The van der Waals surface area contributed by atoms with E-state index in [4.69, 9.17) is 4.52 Å². The lowest BCUT2D eigenvalue weighted by Gasteiger charge is -2.26. The number of para-hydroxylation sites is 1. The summed E-state index contributed by atoms with van der Waals surface area (Å²) >= 11 is 0. The highest BCUT2D eigenvalue weighted by Gasteiger charge is 2.29. The Balaban J connectivity index is 1.43. The third kappa shape index (κ3) is 3.08. The summed E-state index contributed by atoms with van der Waals surface area (Å²) in [4.78, 5) is 15.0. The van der Waals surface area contributed by atoms with Crippen LogP contribution in [0.5, 0.6) is 0 Å². The molecule has 1 amide bonds. The van der Waals surface area contributed by atoms with Gasteiger partial charge in [-0.25, -0.2) is 9.07 Å². The summed E-state index contributed by atoms with van der Waals surface area (Å²) in [6.07, 6.45) is 2.23. The molecule has 0 saturated heterocycles. The number of carbonyl (C=O) groups is 1. The number of hydrogen-bond acceptors (Lipinski definition) is 4. The molecule has 0 spiro atoms. The van der Waals surface area contributed by atoms with Crippen LogP contribution in [0.4, 0.5) is 4.39 Å². The topological polar surface area (TPSA) is 64.2 Å². The zero-order valence-electron chi connectivity index (χ0n) is 16.4. The first kappa shape index (κ1) is 18.3. The average Bonchev–Trinajstić information content (AvgIpc) is 3.37. The molecule has 30 heavy (non-hydrogen) atoms. The molecule has 0 bridgehead atoms. The largest absolute Gasteiger partial charge is 0.356 e. The third-order valence-corrected chi connectivity index (χ3v) is 5.47. The molecule has 7 heteroatoms. The van der Waals surface area contributed by atoms with E-state index in [1.165, 1.54) is 12.1 Å². The van der Waals surface area contributed by atoms with Crippen LogP contribution in [0.1, 0.15) is 27.3 Å². The minimum Gasteiger partial charge on any atom is -0.356 e. The Kier molecular flexibility index (Phi) is 4.43. The van der Waals surface area contributed by atoms with Crippen LogP contribution in [-0.2, 0) is 13.0 Å². The van der Waals surface area contributed by atoms with E-state index in [0.717, 1.165) is 28.2 Å². The summed E-state index contributed by atoms with van der Waals surface area (Å²) in [7, 11) is 0. The van der Waals surface area contributed by atoms with Crippen molar-refractivity contribution in [1.29, 1.82) is 0 Å². The van der Waals surface area contributed by atoms with Gasteiger partial charge in [-0.3, -0.25) is 4.79 Å². The summed E-state index contributed by atoms with van der Waals surface area (Å²) in [5.41, 5.74) is 4.73. The van der Waals surface area contributed by atoms with Crippen LogP contribution in [0.3, 0.4) is 0 Å². The van der Waals surface area contributed by atoms with E-state index in [1.54, 1.807) is 27.9 Å². The molecule has 1 aliphatic heterocycles. The first-order valence-electron chi connectivity index (χ1n) is 9.74. The molecule has 0 aliphatic carbocycles. The van der Waals surface area contributed by atoms with Gasteiger partial charge in [0, 0.05) is 24.1 Å². The number of carbonyl (C=O) groups excluding carboxylic acids is 1. The lowest BCUT2D eigenvalue weighted by molar-refractivity contribution is 0.0734. The van der Waals surface area contributed by atoms with Crippen LogP contribution < -0.4 is 0 Å². The molecule has 1 aliphatic rings. The van der Waals surface area contributed by atoms with Crippen molar-refractivity contribution in [3.8, 4) is 17.0 Å². The standard InChI is InChI=1S/C23H19FN4O2/c1-15-19(13-25-28(15)18-5-3-2-4-6-18)23(29)27-12-11-21-20(14-27)22(30-26-21)16-7-9-17(24)10-8-16/h2-10,13H,11-12,14H2,1H3. The molecule has 6 nitrogen and oxygen atoms in total. The quantitative estimate of drug-likeness (QED) is 0.516. The number of hydrogen-bond donors (Lipinski definition) is 0. The predicted molar refractivity (Wildman–Crippen MR) is 109 cm³/mol. The smallest absolute Gasteiger partial charge is 0.257 e. The molecule has 4 aromatic rings. The molecule has 0 fully saturated rings. The van der Waals surface area contributed by atoms with Gasteiger partial charge < -0.3 is 9.42 Å². The molecule has 3 heterocycles. The van der Waals surface area contributed by atoms with Crippen molar-refractivity contribution in [2.45, 2.75) is 19.9 Å². The van der Waals surface area contributed by atoms with E-state index in [1.807, 2.05) is 37.3 Å². The van der Waals surface area contributed by atoms with Gasteiger partial charge in [0.2, 0.25) is 0 Å². The molecular formula is C23H19FN4O2. The summed E-state index contributed by atoms with van der Waals surface area (Å²) in [5.74, 6) is 0.195. The number of amides is 1. The normalized spacial score (nSPS) is 13.3. The fraction of sp³-hybridized carbons (Fsp3) is 0.174. The van der Waals surface area contributed by atoms with E-state index in [9.17, 15) is 9.18 Å². The van der Waals surface area contributed by atoms with Gasteiger partial charge in [0.1, 0.15) is 5.82 Å². The maximum atomic E-state index is 13.3. The molecule has 5 rings (SSSR count). The maximum absolute atomic E-state index is 13.3. The van der Waals surface area contributed by atoms with Crippen LogP contribution in [0.2, 0.25) is 0 Å². The molecule has 0 saturated carbocycles. The maximum Gasteiger partial charge on any atom is 0.257 e. The highest BCUT2D eigenvalue weighted by atomic mass is 19.1. The number of rotatable bonds is 3. The Hall–Kier alpha value is -3.74. The van der Waals surface area contributed by atoms with Crippen molar-refractivity contribution in [1.82, 2.24) is 19.8 Å². The van der Waals surface area contributed by atoms with Gasteiger partial charge in [0.15, 0.2) is 5.76 Å². The second kappa shape index (κ2) is 7.26. The lowest BCUT2D eigenvalue weighted by Crippen LogP contribution is -2.36. The van der Waals surface area contributed by atoms with Crippen molar-refractivity contribution < 1.29 is 13.7 Å². The fourth-order valence-electron chi connectivity index (χ4n) is 3.83. The van der Waals surface area contributed by atoms with Crippen LogP contribution in [0.25, 0.3) is 17.0 Å². The van der Waals surface area contributed by atoms with Gasteiger partial charge in [-0.2, -0.15) is 5.10 Å². The minimum absolute atomic E-state index is 0.0772. The molecule has 150 valence electrons. The van der Waals surface area contributed by atoms with E-state index in [2.05, 4.69) is 10.3 Å². The average molecular weight is 402 g/mol. The van der Waals surface area contributed by atoms with Gasteiger partial charge >= 0.3 is 0 Å². The molecule has 2 aromatic heterocycles. The second-order valence-corrected chi connectivity index (χ2v) is 7.31. The van der Waals surface area contributed by atoms with Crippen molar-refractivity contribution in [2.24, 2.45) is 0 Å². The molecule has 0 N–H and O–H groups in total. The first-order chi connectivity index (χ1) is 14.6. The number of nitrogens with zero attached hydrogens (tertiary/aromatic N) is 4. The van der Waals surface area contributed by atoms with Crippen LogP contribution in [-0.4, -0.2) is 32.3 Å². The van der Waals surface area contributed by atoms with Gasteiger partial charge in [0.25, 0.3) is 5.91 Å². The number of fused-ring (bicyclic) bond motifs is 1. The van der Waals surface area contributed by atoms with E-state index in [0.29, 0.717) is 30.8 Å². The molecular weight excluding hydrogens is 383 g/mol. The number of benzene rings is 2. The Morgan fingerprint density at radius 1 is 1.10 bits per heavy atom. The van der Waals surface area contributed by atoms with Crippen LogP contribution >= 0.6 is 0 Å². The van der Waals surface area contributed by atoms with Gasteiger partial charge in [-0.15, -0.1) is 0 Å². The number of halogens is 1. The van der Waals surface area contributed by atoms with Crippen LogP contribution in [0, 0.1) is 12.7 Å². The van der Waals surface area contributed by atoms with Crippen molar-refractivity contribution in [2.75, 3.05) is 6.54 Å². The lowest BCUT2D eigenvalue weighted by atomic mass is 10.0. The molecule has 2 aromatic carbocycles. The summed E-state index contributed by atoms with van der Waals surface area (Å²) in [5, 5.41) is 8.57. The van der Waals surface area contributed by atoms with Crippen molar-refractivity contribution in [3.63, 3.8) is 0 Å².